The highest BCUT2D eigenvalue weighted by Gasteiger charge is 2.55. The van der Waals surface area contributed by atoms with Gasteiger partial charge >= 0.3 is 0 Å². The fourth-order valence-corrected chi connectivity index (χ4v) is 10.1. The predicted molar refractivity (Wildman–Crippen MR) is 119 cm³/mol. The van der Waals surface area contributed by atoms with Crippen molar-refractivity contribution >= 4 is 18.7 Å². The highest BCUT2D eigenvalue weighted by Crippen LogP contribution is 2.47. The molecule has 3 nitrogen and oxygen atoms in total. The van der Waals surface area contributed by atoms with Gasteiger partial charge in [-0.05, 0) is 33.8 Å². The third-order valence-electron chi connectivity index (χ3n) is 6.73. The van der Waals surface area contributed by atoms with Gasteiger partial charge in [0.2, 0.25) is 0 Å². The molecule has 0 aromatic heterocycles. The number of hydrogen-bond donors (Lipinski definition) is 1. The van der Waals surface area contributed by atoms with Gasteiger partial charge in [0.15, 0.2) is 6.29 Å². The molecule has 0 radical (unpaired) electrons. The Bertz CT molecular complexity index is 804. The van der Waals surface area contributed by atoms with Gasteiger partial charge in [0.25, 0.3) is 8.32 Å². The van der Waals surface area contributed by atoms with Crippen molar-refractivity contribution in [3.63, 3.8) is 0 Å². The quantitative estimate of drug-likeness (QED) is 0.775. The average Bonchev–Trinajstić information content (AvgIpc) is 3.03. The standard InChI is InChI=1S/C25H32O3Si/c1-18-17-22(21-15-16-27-24(26)23(18)21)28-29(25(2,3)4,19-11-7-5-8-12-19)20-13-9-6-10-14-20/h5-16,18,21-24,26H,17H2,1-4H3/t18-,21-,22-,23+,24+/m0/s1. The first-order valence-corrected chi connectivity index (χ1v) is 12.5. The minimum Gasteiger partial charge on any atom is -0.473 e. The Kier molecular flexibility index (Phi) is 5.45. The maximum Gasteiger partial charge on any atom is 0.261 e. The van der Waals surface area contributed by atoms with Gasteiger partial charge in [0.1, 0.15) is 0 Å². The van der Waals surface area contributed by atoms with Crippen molar-refractivity contribution < 1.29 is 14.3 Å². The Balaban J connectivity index is 1.83. The van der Waals surface area contributed by atoms with Gasteiger partial charge in [-0.1, -0.05) is 88.4 Å². The molecule has 1 aliphatic carbocycles. The molecule has 1 heterocycles. The third kappa shape index (κ3) is 3.47. The van der Waals surface area contributed by atoms with Gasteiger partial charge < -0.3 is 14.3 Å². The Morgan fingerprint density at radius 3 is 2.03 bits per heavy atom. The lowest BCUT2D eigenvalue weighted by molar-refractivity contribution is -0.122. The number of aliphatic hydroxyl groups is 1. The van der Waals surface area contributed by atoms with E-state index in [9.17, 15) is 5.11 Å². The molecule has 154 valence electrons. The van der Waals surface area contributed by atoms with E-state index in [0.29, 0.717) is 5.92 Å². The van der Waals surface area contributed by atoms with E-state index in [1.807, 2.05) is 0 Å². The largest absolute Gasteiger partial charge is 0.473 e. The van der Waals surface area contributed by atoms with E-state index in [1.54, 1.807) is 6.26 Å². The maximum absolute atomic E-state index is 10.4. The maximum atomic E-state index is 10.4. The summed E-state index contributed by atoms with van der Waals surface area (Å²) in [5.41, 5.74) is 0. The zero-order valence-corrected chi connectivity index (χ0v) is 18.8. The minimum atomic E-state index is -2.60. The molecular weight excluding hydrogens is 376 g/mol. The predicted octanol–water partition coefficient (Wildman–Crippen LogP) is 4.07. The molecule has 0 bridgehead atoms. The number of rotatable bonds is 4. The van der Waals surface area contributed by atoms with E-state index < -0.39 is 14.6 Å². The monoisotopic (exact) mass is 408 g/mol. The second-order valence-electron chi connectivity index (χ2n) is 9.54. The van der Waals surface area contributed by atoms with Crippen LogP contribution in [-0.4, -0.2) is 25.8 Å². The molecule has 0 spiro atoms. The van der Waals surface area contributed by atoms with Gasteiger partial charge in [-0.3, -0.25) is 0 Å². The summed E-state index contributed by atoms with van der Waals surface area (Å²) >= 11 is 0. The molecular formula is C25H32O3Si. The Labute approximate surface area is 175 Å². The Hall–Kier alpha value is -1.88. The molecule has 1 aliphatic heterocycles. The lowest BCUT2D eigenvalue weighted by Gasteiger charge is -2.45. The normalized spacial score (nSPS) is 29.3. The van der Waals surface area contributed by atoms with Crippen LogP contribution in [0.3, 0.4) is 0 Å². The molecule has 1 saturated carbocycles. The zero-order chi connectivity index (χ0) is 20.6. The van der Waals surface area contributed by atoms with Crippen LogP contribution in [0.4, 0.5) is 0 Å². The molecule has 0 unspecified atom stereocenters. The molecule has 1 fully saturated rings. The van der Waals surface area contributed by atoms with Crippen molar-refractivity contribution in [3.8, 4) is 0 Å². The fourth-order valence-electron chi connectivity index (χ4n) is 5.38. The van der Waals surface area contributed by atoms with Crippen LogP contribution in [0.5, 0.6) is 0 Å². The van der Waals surface area contributed by atoms with E-state index in [0.717, 1.165) is 6.42 Å². The second-order valence-corrected chi connectivity index (χ2v) is 13.8. The van der Waals surface area contributed by atoms with Gasteiger partial charge in [0.05, 0.1) is 12.4 Å². The minimum absolute atomic E-state index is 0.0511. The summed E-state index contributed by atoms with van der Waals surface area (Å²) in [6.07, 6.45) is 4.02. The topological polar surface area (TPSA) is 38.7 Å². The van der Waals surface area contributed by atoms with Crippen LogP contribution in [0.1, 0.15) is 34.1 Å². The Morgan fingerprint density at radius 2 is 1.52 bits per heavy atom. The van der Waals surface area contributed by atoms with Crippen LogP contribution in [0.15, 0.2) is 73.0 Å². The molecule has 2 aromatic carbocycles. The third-order valence-corrected chi connectivity index (χ3v) is 11.8. The number of hydrogen-bond acceptors (Lipinski definition) is 3. The van der Waals surface area contributed by atoms with Crippen LogP contribution < -0.4 is 10.4 Å². The smallest absolute Gasteiger partial charge is 0.261 e. The molecule has 0 amide bonds. The summed E-state index contributed by atoms with van der Waals surface area (Å²) in [5, 5.41) is 13.0. The van der Waals surface area contributed by atoms with Crippen molar-refractivity contribution in [2.24, 2.45) is 17.8 Å². The van der Waals surface area contributed by atoms with Crippen molar-refractivity contribution in [2.75, 3.05) is 0 Å². The van der Waals surface area contributed by atoms with Crippen molar-refractivity contribution in [2.45, 2.75) is 51.5 Å². The SMILES string of the molecule is C[C@H]1C[C@H](O[Si](c2ccccc2)(c2ccccc2)C(C)(C)C)[C@@H]2C=CO[C@@H](O)[C@@H]21. The molecule has 2 aliphatic rings. The summed E-state index contributed by atoms with van der Waals surface area (Å²) in [6, 6.07) is 21.5. The van der Waals surface area contributed by atoms with Crippen molar-refractivity contribution in [1.82, 2.24) is 0 Å². The van der Waals surface area contributed by atoms with Crippen molar-refractivity contribution in [3.05, 3.63) is 73.0 Å². The number of ether oxygens (including phenoxy) is 1. The average molecular weight is 409 g/mol. The lowest BCUT2D eigenvalue weighted by Crippen LogP contribution is -2.68. The summed E-state index contributed by atoms with van der Waals surface area (Å²) in [4.78, 5) is 0. The van der Waals surface area contributed by atoms with E-state index in [4.69, 9.17) is 9.16 Å². The van der Waals surface area contributed by atoms with Gasteiger partial charge in [-0.25, -0.2) is 0 Å². The first-order valence-electron chi connectivity index (χ1n) is 10.6. The zero-order valence-electron chi connectivity index (χ0n) is 17.8. The molecule has 1 N–H and O–H groups in total. The number of fused-ring (bicyclic) bond motifs is 1. The van der Waals surface area contributed by atoms with Crippen LogP contribution in [0, 0.1) is 17.8 Å². The van der Waals surface area contributed by atoms with Crippen LogP contribution in [0.2, 0.25) is 5.04 Å². The first kappa shape index (κ1) is 20.4. The highest BCUT2D eigenvalue weighted by molar-refractivity contribution is 6.99. The summed E-state index contributed by atoms with van der Waals surface area (Å²) in [5.74, 6) is 0.613. The second kappa shape index (κ2) is 7.75. The Morgan fingerprint density at radius 1 is 0.966 bits per heavy atom. The van der Waals surface area contributed by atoms with E-state index in [1.165, 1.54) is 10.4 Å². The summed E-state index contributed by atoms with van der Waals surface area (Å²) in [6.45, 7) is 9.13. The first-order chi connectivity index (χ1) is 13.8. The number of aliphatic hydroxyl groups excluding tert-OH is 1. The van der Waals surface area contributed by atoms with E-state index >= 15 is 0 Å². The molecule has 2 aromatic rings. The van der Waals surface area contributed by atoms with Crippen LogP contribution in [0.25, 0.3) is 0 Å². The molecule has 5 atom stereocenters. The number of benzene rings is 2. The molecule has 0 saturated heterocycles. The molecule has 4 rings (SSSR count). The van der Waals surface area contributed by atoms with Crippen LogP contribution in [-0.2, 0) is 9.16 Å². The molecule has 29 heavy (non-hydrogen) atoms. The van der Waals surface area contributed by atoms with E-state index in [-0.39, 0.29) is 23.0 Å². The van der Waals surface area contributed by atoms with Gasteiger partial charge in [-0.15, -0.1) is 0 Å². The van der Waals surface area contributed by atoms with E-state index in [2.05, 4.69) is 94.4 Å². The van der Waals surface area contributed by atoms with Gasteiger partial charge in [-0.2, -0.15) is 0 Å². The highest BCUT2D eigenvalue weighted by atomic mass is 28.4. The lowest BCUT2D eigenvalue weighted by atomic mass is 9.88. The van der Waals surface area contributed by atoms with Crippen molar-refractivity contribution in [1.29, 1.82) is 0 Å². The molecule has 4 heteroatoms. The fraction of sp³-hybridized carbons (Fsp3) is 0.440. The van der Waals surface area contributed by atoms with Gasteiger partial charge in [0, 0.05) is 11.8 Å². The summed E-state index contributed by atoms with van der Waals surface area (Å²) in [7, 11) is -2.60. The van der Waals surface area contributed by atoms with Crippen LogP contribution >= 0.6 is 0 Å². The summed E-state index contributed by atoms with van der Waals surface area (Å²) < 4.78 is 12.8.